The second-order valence-electron chi connectivity index (χ2n) is 9.64. The summed E-state index contributed by atoms with van der Waals surface area (Å²) >= 11 is 0. The van der Waals surface area contributed by atoms with Crippen LogP contribution in [0.3, 0.4) is 0 Å². The highest BCUT2D eigenvalue weighted by Gasteiger charge is 2.21. The number of carbonyl (C=O) groups is 2. The van der Waals surface area contributed by atoms with Crippen molar-refractivity contribution in [3.63, 3.8) is 0 Å². The molecule has 1 saturated carbocycles. The average molecular weight is 461 g/mol. The summed E-state index contributed by atoms with van der Waals surface area (Å²) in [6, 6.07) is 16.8. The molecule has 2 aromatic carbocycles. The van der Waals surface area contributed by atoms with Gasteiger partial charge in [-0.2, -0.15) is 0 Å². The molecule has 1 fully saturated rings. The Balaban J connectivity index is 1.39. The summed E-state index contributed by atoms with van der Waals surface area (Å²) in [5.41, 5.74) is 5.54. The fourth-order valence-corrected chi connectivity index (χ4v) is 4.39. The molecule has 0 heterocycles. The average Bonchev–Trinajstić information content (AvgIpc) is 2.83. The SMILES string of the molecule is C=C(C)C(=O)OCc1ccc(CC2CCC(Cc3ccc(COC(=O)C(=C)C)cc3)CC2)cc1. The number of esters is 2. The Bertz CT molecular complexity index is 910. The molecular formula is C30H36O4. The Kier molecular flexibility index (Phi) is 9.26. The first-order valence-corrected chi connectivity index (χ1v) is 12.1. The predicted octanol–water partition coefficient (Wildman–Crippen LogP) is 6.52. The third kappa shape index (κ3) is 8.02. The van der Waals surface area contributed by atoms with E-state index in [9.17, 15) is 9.59 Å². The van der Waals surface area contributed by atoms with Crippen LogP contribution in [0, 0.1) is 11.8 Å². The van der Waals surface area contributed by atoms with Gasteiger partial charge in [0, 0.05) is 11.1 Å². The van der Waals surface area contributed by atoms with Crippen LogP contribution in [0.1, 0.15) is 61.8 Å². The largest absolute Gasteiger partial charge is 0.457 e. The monoisotopic (exact) mass is 460 g/mol. The van der Waals surface area contributed by atoms with E-state index >= 15 is 0 Å². The number of hydrogen-bond acceptors (Lipinski definition) is 4. The van der Waals surface area contributed by atoms with E-state index < -0.39 is 0 Å². The predicted molar refractivity (Wildman–Crippen MR) is 135 cm³/mol. The molecule has 0 unspecified atom stereocenters. The smallest absolute Gasteiger partial charge is 0.333 e. The minimum absolute atomic E-state index is 0.289. The molecule has 180 valence electrons. The van der Waals surface area contributed by atoms with Crippen LogP contribution in [0.5, 0.6) is 0 Å². The van der Waals surface area contributed by atoms with Crippen molar-refractivity contribution in [1.29, 1.82) is 0 Å². The molecule has 0 saturated heterocycles. The van der Waals surface area contributed by atoms with E-state index in [0.29, 0.717) is 11.1 Å². The fourth-order valence-electron chi connectivity index (χ4n) is 4.39. The van der Waals surface area contributed by atoms with Crippen molar-refractivity contribution >= 4 is 11.9 Å². The quantitative estimate of drug-likeness (QED) is 0.299. The number of carbonyl (C=O) groups excluding carboxylic acids is 2. The molecule has 1 aliphatic carbocycles. The van der Waals surface area contributed by atoms with Crippen LogP contribution in [-0.2, 0) is 45.1 Å². The lowest BCUT2D eigenvalue weighted by Gasteiger charge is -2.28. The van der Waals surface area contributed by atoms with E-state index in [4.69, 9.17) is 9.47 Å². The van der Waals surface area contributed by atoms with Gasteiger partial charge in [-0.05, 0) is 86.5 Å². The van der Waals surface area contributed by atoms with Gasteiger partial charge in [0.05, 0.1) is 0 Å². The Labute approximate surface area is 203 Å². The second-order valence-corrected chi connectivity index (χ2v) is 9.64. The van der Waals surface area contributed by atoms with E-state index in [-0.39, 0.29) is 25.2 Å². The van der Waals surface area contributed by atoms with Crippen LogP contribution in [0.25, 0.3) is 0 Å². The normalized spacial score (nSPS) is 17.6. The van der Waals surface area contributed by atoms with Crippen molar-refractivity contribution in [2.45, 2.75) is 65.6 Å². The Morgan fingerprint density at radius 1 is 0.647 bits per heavy atom. The highest BCUT2D eigenvalue weighted by Crippen LogP contribution is 2.33. The van der Waals surface area contributed by atoms with Gasteiger partial charge in [-0.3, -0.25) is 0 Å². The number of benzene rings is 2. The zero-order valence-electron chi connectivity index (χ0n) is 20.5. The van der Waals surface area contributed by atoms with Crippen molar-refractivity contribution in [2.24, 2.45) is 11.8 Å². The standard InChI is InChI=1S/C30H36O4/c1-21(2)29(31)33-19-27-13-9-25(10-14-27)17-23-5-7-24(8-6-23)18-26-11-15-28(16-12-26)20-34-30(32)22(3)4/h9-16,23-24H,1,3,5-8,17-20H2,2,4H3. The van der Waals surface area contributed by atoms with Gasteiger partial charge >= 0.3 is 11.9 Å². The minimum Gasteiger partial charge on any atom is -0.457 e. The van der Waals surface area contributed by atoms with Crippen molar-refractivity contribution in [2.75, 3.05) is 0 Å². The number of rotatable bonds is 10. The maximum atomic E-state index is 11.5. The third-order valence-electron chi connectivity index (χ3n) is 6.50. The van der Waals surface area contributed by atoms with Gasteiger partial charge in [-0.15, -0.1) is 0 Å². The lowest BCUT2D eigenvalue weighted by molar-refractivity contribution is -0.141. The van der Waals surface area contributed by atoms with Gasteiger partial charge in [-0.1, -0.05) is 61.7 Å². The zero-order chi connectivity index (χ0) is 24.5. The van der Waals surface area contributed by atoms with E-state index in [1.807, 2.05) is 0 Å². The molecule has 0 bridgehead atoms. The zero-order valence-corrected chi connectivity index (χ0v) is 20.5. The lowest BCUT2D eigenvalue weighted by Crippen LogP contribution is -2.18. The summed E-state index contributed by atoms with van der Waals surface area (Å²) in [5, 5.41) is 0. The summed E-state index contributed by atoms with van der Waals surface area (Å²) in [6.07, 6.45) is 7.26. The molecule has 0 radical (unpaired) electrons. The van der Waals surface area contributed by atoms with Gasteiger partial charge in [0.2, 0.25) is 0 Å². The first-order chi connectivity index (χ1) is 16.3. The molecule has 0 aromatic heterocycles. The maximum absolute atomic E-state index is 11.5. The van der Waals surface area contributed by atoms with Gasteiger partial charge in [0.25, 0.3) is 0 Å². The molecule has 0 aliphatic heterocycles. The molecule has 2 aromatic rings. The molecule has 0 amide bonds. The van der Waals surface area contributed by atoms with Crippen LogP contribution in [0.2, 0.25) is 0 Å². The fraction of sp³-hybridized carbons (Fsp3) is 0.400. The molecular weight excluding hydrogens is 424 g/mol. The van der Waals surface area contributed by atoms with Gasteiger partial charge in [0.1, 0.15) is 13.2 Å². The topological polar surface area (TPSA) is 52.6 Å². The molecule has 4 nitrogen and oxygen atoms in total. The van der Waals surface area contributed by atoms with Crippen LogP contribution in [-0.4, -0.2) is 11.9 Å². The molecule has 4 heteroatoms. The number of hydrogen-bond donors (Lipinski definition) is 0. The molecule has 34 heavy (non-hydrogen) atoms. The lowest BCUT2D eigenvalue weighted by atomic mass is 9.77. The van der Waals surface area contributed by atoms with Crippen LogP contribution >= 0.6 is 0 Å². The van der Waals surface area contributed by atoms with Gasteiger partial charge in [-0.25, -0.2) is 9.59 Å². The molecule has 0 N–H and O–H groups in total. The maximum Gasteiger partial charge on any atom is 0.333 e. The van der Waals surface area contributed by atoms with Crippen molar-refractivity contribution in [3.05, 3.63) is 95.1 Å². The van der Waals surface area contributed by atoms with Crippen LogP contribution < -0.4 is 0 Å². The summed E-state index contributed by atoms with van der Waals surface area (Å²) in [4.78, 5) is 23.1. The molecule has 1 aliphatic rings. The summed E-state index contributed by atoms with van der Waals surface area (Å²) in [5.74, 6) is 0.768. The molecule has 0 atom stereocenters. The summed E-state index contributed by atoms with van der Waals surface area (Å²) in [7, 11) is 0. The summed E-state index contributed by atoms with van der Waals surface area (Å²) < 4.78 is 10.4. The van der Waals surface area contributed by atoms with Crippen LogP contribution in [0.15, 0.2) is 72.8 Å². The highest BCUT2D eigenvalue weighted by molar-refractivity contribution is 5.87. The third-order valence-corrected chi connectivity index (χ3v) is 6.50. The Morgan fingerprint density at radius 3 is 1.24 bits per heavy atom. The van der Waals surface area contributed by atoms with Gasteiger partial charge < -0.3 is 9.47 Å². The minimum atomic E-state index is -0.346. The van der Waals surface area contributed by atoms with Crippen molar-refractivity contribution in [1.82, 2.24) is 0 Å². The van der Waals surface area contributed by atoms with Crippen molar-refractivity contribution in [3.8, 4) is 0 Å². The van der Waals surface area contributed by atoms with Crippen molar-refractivity contribution < 1.29 is 19.1 Å². The van der Waals surface area contributed by atoms with E-state index in [0.717, 1.165) is 35.8 Å². The molecule has 0 spiro atoms. The van der Waals surface area contributed by atoms with Crippen LogP contribution in [0.4, 0.5) is 0 Å². The first kappa shape index (κ1) is 25.5. The first-order valence-electron chi connectivity index (χ1n) is 12.1. The Hall–Kier alpha value is -3.14. The van der Waals surface area contributed by atoms with E-state index in [1.54, 1.807) is 13.8 Å². The molecule has 3 rings (SSSR count). The van der Waals surface area contributed by atoms with E-state index in [2.05, 4.69) is 61.7 Å². The summed E-state index contributed by atoms with van der Waals surface area (Å²) in [6.45, 7) is 11.1. The highest BCUT2D eigenvalue weighted by atomic mass is 16.5. The second kappa shape index (κ2) is 12.4. The van der Waals surface area contributed by atoms with E-state index in [1.165, 1.54) is 36.8 Å². The van der Waals surface area contributed by atoms with Gasteiger partial charge in [0.15, 0.2) is 0 Å². The number of ether oxygens (including phenoxy) is 2. The Morgan fingerprint density at radius 2 is 0.941 bits per heavy atom.